The number of amides is 2. The summed E-state index contributed by atoms with van der Waals surface area (Å²) < 4.78 is 1.63. The third-order valence-corrected chi connectivity index (χ3v) is 3.20. The van der Waals surface area contributed by atoms with Gasteiger partial charge in [0.1, 0.15) is 6.33 Å². The Morgan fingerprint density at radius 2 is 1.95 bits per heavy atom. The van der Waals surface area contributed by atoms with Crippen molar-refractivity contribution in [2.45, 2.75) is 26.3 Å². The highest BCUT2D eigenvalue weighted by Gasteiger charge is 2.32. The van der Waals surface area contributed by atoms with Crippen LogP contribution in [0.4, 0.5) is 5.95 Å². The van der Waals surface area contributed by atoms with Crippen molar-refractivity contribution in [1.82, 2.24) is 14.8 Å². The number of hydrogen-bond acceptors (Lipinski definition) is 4. The van der Waals surface area contributed by atoms with E-state index >= 15 is 0 Å². The van der Waals surface area contributed by atoms with E-state index in [0.29, 0.717) is 6.54 Å². The number of imide groups is 1. The molecule has 0 atom stereocenters. The van der Waals surface area contributed by atoms with Gasteiger partial charge in [-0.05, 0) is 12.5 Å². The molecule has 1 aromatic heterocycles. The van der Waals surface area contributed by atoms with Crippen LogP contribution in [-0.4, -0.2) is 26.6 Å². The second-order valence-electron chi connectivity index (χ2n) is 4.85. The summed E-state index contributed by atoms with van der Waals surface area (Å²) in [4.78, 5) is 28.3. The molecule has 3 rings (SSSR count). The van der Waals surface area contributed by atoms with Crippen LogP contribution in [0.1, 0.15) is 24.0 Å². The van der Waals surface area contributed by atoms with E-state index in [1.807, 2.05) is 25.1 Å². The van der Waals surface area contributed by atoms with Crippen molar-refractivity contribution in [2.24, 2.45) is 0 Å². The fraction of sp³-hybridized carbons (Fsp3) is 0.286. The number of hydrogen-bond donors (Lipinski definition) is 0. The minimum Gasteiger partial charge on any atom is -0.274 e. The quantitative estimate of drug-likeness (QED) is 0.788. The SMILES string of the molecule is Cc1cccc(Cn2cnc(N3C(=O)CCC3=O)n2)c1. The van der Waals surface area contributed by atoms with E-state index in [1.165, 1.54) is 11.9 Å². The lowest BCUT2D eigenvalue weighted by Crippen LogP contribution is -2.29. The van der Waals surface area contributed by atoms with Crippen LogP contribution in [0, 0.1) is 6.92 Å². The fourth-order valence-corrected chi connectivity index (χ4v) is 2.26. The lowest BCUT2D eigenvalue weighted by Gasteiger charge is -2.07. The number of nitrogens with zero attached hydrogens (tertiary/aromatic N) is 4. The largest absolute Gasteiger partial charge is 0.274 e. The van der Waals surface area contributed by atoms with Gasteiger partial charge in [0.05, 0.1) is 6.54 Å². The van der Waals surface area contributed by atoms with Gasteiger partial charge in [0.25, 0.3) is 5.95 Å². The molecule has 6 heteroatoms. The van der Waals surface area contributed by atoms with Gasteiger partial charge in [-0.3, -0.25) is 9.59 Å². The second-order valence-corrected chi connectivity index (χ2v) is 4.85. The molecule has 6 nitrogen and oxygen atoms in total. The van der Waals surface area contributed by atoms with Gasteiger partial charge in [0, 0.05) is 12.8 Å². The monoisotopic (exact) mass is 270 g/mol. The average Bonchev–Trinajstić information content (AvgIpc) is 2.97. The molecule has 1 aliphatic rings. The average molecular weight is 270 g/mol. The number of aryl methyl sites for hydroxylation is 1. The summed E-state index contributed by atoms with van der Waals surface area (Å²) in [6, 6.07) is 8.07. The Balaban J connectivity index is 1.80. The van der Waals surface area contributed by atoms with Crippen molar-refractivity contribution < 1.29 is 9.59 Å². The van der Waals surface area contributed by atoms with Crippen molar-refractivity contribution in [1.29, 1.82) is 0 Å². The molecule has 0 radical (unpaired) electrons. The number of anilines is 1. The van der Waals surface area contributed by atoms with E-state index < -0.39 is 0 Å². The van der Waals surface area contributed by atoms with Gasteiger partial charge >= 0.3 is 0 Å². The minimum atomic E-state index is -0.233. The van der Waals surface area contributed by atoms with Gasteiger partial charge in [-0.2, -0.15) is 4.98 Å². The summed E-state index contributed by atoms with van der Waals surface area (Å²) in [6.45, 7) is 2.59. The fourth-order valence-electron chi connectivity index (χ4n) is 2.26. The standard InChI is InChI=1S/C14H14N4O2/c1-10-3-2-4-11(7-10)8-17-9-15-14(16-17)18-12(19)5-6-13(18)20/h2-4,7,9H,5-6,8H2,1H3. The Kier molecular flexibility index (Phi) is 3.06. The predicted octanol–water partition coefficient (Wildman–Crippen LogP) is 1.29. The molecule has 20 heavy (non-hydrogen) atoms. The molecule has 2 aromatic rings. The first-order valence-corrected chi connectivity index (χ1v) is 6.44. The van der Waals surface area contributed by atoms with Crippen LogP contribution >= 0.6 is 0 Å². The third kappa shape index (κ3) is 2.32. The summed E-state index contributed by atoms with van der Waals surface area (Å²) in [7, 11) is 0. The van der Waals surface area contributed by atoms with Crippen molar-refractivity contribution in [3.63, 3.8) is 0 Å². The Morgan fingerprint density at radius 3 is 2.65 bits per heavy atom. The minimum absolute atomic E-state index is 0.171. The molecule has 102 valence electrons. The Bertz CT molecular complexity index is 661. The third-order valence-electron chi connectivity index (χ3n) is 3.20. The van der Waals surface area contributed by atoms with Gasteiger partial charge in [-0.1, -0.05) is 29.8 Å². The van der Waals surface area contributed by atoms with Crippen molar-refractivity contribution in [2.75, 3.05) is 4.90 Å². The van der Waals surface area contributed by atoms with Crippen LogP contribution in [0.25, 0.3) is 0 Å². The van der Waals surface area contributed by atoms with Crippen molar-refractivity contribution in [3.05, 3.63) is 41.7 Å². The number of carbonyl (C=O) groups excluding carboxylic acids is 2. The maximum Gasteiger partial charge on any atom is 0.258 e. The summed E-state index contributed by atoms with van der Waals surface area (Å²) >= 11 is 0. The van der Waals surface area contributed by atoms with E-state index in [0.717, 1.165) is 10.5 Å². The van der Waals surface area contributed by atoms with Crippen LogP contribution in [0.2, 0.25) is 0 Å². The maximum absolute atomic E-state index is 11.6. The number of rotatable bonds is 3. The van der Waals surface area contributed by atoms with Crippen LogP contribution in [0.3, 0.4) is 0 Å². The number of aromatic nitrogens is 3. The molecular weight excluding hydrogens is 256 g/mol. The predicted molar refractivity (Wildman–Crippen MR) is 72.0 cm³/mol. The van der Waals surface area contributed by atoms with Crippen molar-refractivity contribution in [3.8, 4) is 0 Å². The van der Waals surface area contributed by atoms with Crippen LogP contribution < -0.4 is 4.90 Å². The topological polar surface area (TPSA) is 68.1 Å². The molecule has 2 amide bonds. The molecule has 0 bridgehead atoms. The van der Waals surface area contributed by atoms with Crippen LogP contribution in [-0.2, 0) is 16.1 Å². The molecule has 0 aliphatic carbocycles. The molecule has 1 saturated heterocycles. The molecule has 0 spiro atoms. The summed E-state index contributed by atoms with van der Waals surface area (Å²) in [5.41, 5.74) is 2.27. The normalized spacial score (nSPS) is 15.2. The Morgan fingerprint density at radius 1 is 1.20 bits per heavy atom. The van der Waals surface area contributed by atoms with Gasteiger partial charge < -0.3 is 0 Å². The first-order valence-electron chi connectivity index (χ1n) is 6.44. The number of carbonyl (C=O) groups is 2. The van der Waals surface area contributed by atoms with Crippen molar-refractivity contribution >= 4 is 17.8 Å². The molecule has 0 N–H and O–H groups in total. The van der Waals surface area contributed by atoms with Crippen LogP contribution in [0.5, 0.6) is 0 Å². The molecule has 0 unspecified atom stereocenters. The smallest absolute Gasteiger partial charge is 0.258 e. The van der Waals surface area contributed by atoms with Gasteiger partial charge in [0.15, 0.2) is 0 Å². The molecule has 1 fully saturated rings. The molecular formula is C14H14N4O2. The van der Waals surface area contributed by atoms with Gasteiger partial charge in [-0.15, -0.1) is 5.10 Å². The zero-order valence-electron chi connectivity index (χ0n) is 11.1. The highest BCUT2D eigenvalue weighted by Crippen LogP contribution is 2.18. The lowest BCUT2D eigenvalue weighted by atomic mass is 10.1. The van der Waals surface area contributed by atoms with E-state index in [2.05, 4.69) is 16.1 Å². The van der Waals surface area contributed by atoms with Crippen LogP contribution in [0.15, 0.2) is 30.6 Å². The summed E-state index contributed by atoms with van der Waals surface area (Å²) in [5.74, 6) is -0.295. The summed E-state index contributed by atoms with van der Waals surface area (Å²) in [5, 5.41) is 4.21. The summed E-state index contributed by atoms with van der Waals surface area (Å²) in [6.07, 6.45) is 2.02. The van der Waals surface area contributed by atoms with Gasteiger partial charge in [0.2, 0.25) is 11.8 Å². The molecule has 1 aromatic carbocycles. The lowest BCUT2D eigenvalue weighted by molar-refractivity contribution is -0.121. The van der Waals surface area contributed by atoms with Gasteiger partial charge in [-0.25, -0.2) is 9.58 Å². The van der Waals surface area contributed by atoms with E-state index in [4.69, 9.17) is 0 Å². The highest BCUT2D eigenvalue weighted by molar-refractivity contribution is 6.18. The Labute approximate surface area is 116 Å². The zero-order valence-corrected chi connectivity index (χ0v) is 11.1. The highest BCUT2D eigenvalue weighted by atomic mass is 16.2. The molecule has 1 aliphatic heterocycles. The first kappa shape index (κ1) is 12.5. The Hall–Kier alpha value is -2.50. The maximum atomic E-state index is 11.6. The van der Waals surface area contributed by atoms with E-state index in [1.54, 1.807) is 4.68 Å². The number of benzene rings is 1. The van der Waals surface area contributed by atoms with E-state index in [-0.39, 0.29) is 30.6 Å². The molecule has 0 saturated carbocycles. The van der Waals surface area contributed by atoms with E-state index in [9.17, 15) is 9.59 Å². The second kappa shape index (κ2) is 4.88. The first-order chi connectivity index (χ1) is 9.63. The molecule has 2 heterocycles. The zero-order chi connectivity index (χ0) is 14.1.